The van der Waals surface area contributed by atoms with Gasteiger partial charge < -0.3 is 23.7 Å². The van der Waals surface area contributed by atoms with Crippen LogP contribution >= 0.6 is 15.9 Å². The van der Waals surface area contributed by atoms with Gasteiger partial charge in [0.15, 0.2) is 0 Å². The van der Waals surface area contributed by atoms with Gasteiger partial charge in [0.2, 0.25) is 0 Å². The maximum atomic E-state index is 12.7. The molecule has 0 N–H and O–H groups in total. The predicted molar refractivity (Wildman–Crippen MR) is 191 cm³/mol. The molecule has 2 aromatic heterocycles. The summed E-state index contributed by atoms with van der Waals surface area (Å²) in [6, 6.07) is 8.33. The molecular formula is C34H37BrN4O14. The Labute approximate surface area is 310 Å². The van der Waals surface area contributed by atoms with Crippen molar-refractivity contribution in [3.8, 4) is 0 Å². The van der Waals surface area contributed by atoms with Crippen LogP contribution in [0.25, 0.3) is 21.8 Å². The number of ether oxygens (including phenoxy) is 5. The number of rotatable bonds is 7. The highest BCUT2D eigenvalue weighted by Crippen LogP contribution is 2.34. The van der Waals surface area contributed by atoms with E-state index in [1.807, 2.05) is 0 Å². The van der Waals surface area contributed by atoms with Crippen molar-refractivity contribution in [1.82, 2.24) is 9.13 Å². The zero-order valence-corrected chi connectivity index (χ0v) is 31.8. The summed E-state index contributed by atoms with van der Waals surface area (Å²) in [6.07, 6.45) is -1.85. The summed E-state index contributed by atoms with van der Waals surface area (Å²) in [6.45, 7) is 10.9. The fourth-order valence-corrected chi connectivity index (χ4v) is 5.23. The third-order valence-electron chi connectivity index (χ3n) is 6.80. The van der Waals surface area contributed by atoms with Crippen LogP contribution in [-0.2, 0) is 40.4 Å². The Morgan fingerprint density at radius 1 is 0.679 bits per heavy atom. The van der Waals surface area contributed by atoms with Crippen LogP contribution in [0.1, 0.15) is 80.6 Å². The van der Waals surface area contributed by atoms with E-state index in [-0.39, 0.29) is 40.1 Å². The first-order valence-corrected chi connectivity index (χ1v) is 16.6. The zero-order chi connectivity index (χ0) is 40.2. The summed E-state index contributed by atoms with van der Waals surface area (Å²) in [5.41, 5.74) is -2.01. The van der Waals surface area contributed by atoms with Gasteiger partial charge in [-0.2, -0.15) is 0 Å². The van der Waals surface area contributed by atoms with Crippen molar-refractivity contribution in [3.05, 3.63) is 79.1 Å². The molecule has 0 saturated carbocycles. The van der Waals surface area contributed by atoms with Gasteiger partial charge in [-0.05, 0) is 76.9 Å². The Bertz CT molecular complexity index is 2140. The number of nitro groups is 2. The van der Waals surface area contributed by atoms with Crippen LogP contribution in [0, 0.1) is 20.2 Å². The number of hydrogen-bond donors (Lipinski definition) is 0. The molecule has 0 atom stereocenters. The average Bonchev–Trinajstić information content (AvgIpc) is 3.63. The number of aromatic nitrogens is 2. The highest BCUT2D eigenvalue weighted by molar-refractivity contribution is 9.08. The lowest BCUT2D eigenvalue weighted by atomic mass is 10.1. The number of hydrogen-bond acceptors (Lipinski definition) is 14. The maximum absolute atomic E-state index is 12.7. The molecule has 0 unspecified atom stereocenters. The van der Waals surface area contributed by atoms with Crippen molar-refractivity contribution >= 4 is 79.2 Å². The Balaban J connectivity index is 0.000000287. The number of methoxy groups -OCH3 is 2. The molecule has 0 aliphatic heterocycles. The van der Waals surface area contributed by atoms with E-state index in [1.165, 1.54) is 37.3 Å². The molecule has 2 heterocycles. The molecule has 0 spiro atoms. The van der Waals surface area contributed by atoms with E-state index in [0.29, 0.717) is 21.8 Å². The molecular weight excluding hydrogens is 768 g/mol. The fourth-order valence-electron chi connectivity index (χ4n) is 4.90. The maximum Gasteiger partial charge on any atom is 0.419 e. The van der Waals surface area contributed by atoms with Gasteiger partial charge in [-0.3, -0.25) is 25.0 Å². The minimum atomic E-state index is -0.960. The third kappa shape index (κ3) is 9.94. The smallest absolute Gasteiger partial charge is 0.419 e. The topological polar surface area (TPSA) is 228 Å². The summed E-state index contributed by atoms with van der Waals surface area (Å²) in [5.74, 6) is -2.21. The van der Waals surface area contributed by atoms with Crippen molar-refractivity contribution in [2.45, 2.75) is 71.6 Å². The molecule has 4 rings (SSSR count). The van der Waals surface area contributed by atoms with Crippen molar-refractivity contribution in [3.63, 3.8) is 0 Å². The number of esters is 3. The van der Waals surface area contributed by atoms with Crippen LogP contribution in [0.5, 0.6) is 0 Å². The second kappa shape index (κ2) is 16.2. The number of halogens is 1. The van der Waals surface area contributed by atoms with Crippen molar-refractivity contribution in [1.29, 1.82) is 0 Å². The van der Waals surface area contributed by atoms with Crippen molar-refractivity contribution in [2.75, 3.05) is 14.2 Å². The van der Waals surface area contributed by atoms with E-state index in [4.69, 9.17) is 18.9 Å². The number of fused-ring (bicyclic) bond motifs is 2. The molecule has 4 aromatic rings. The first-order valence-electron chi connectivity index (χ1n) is 15.5. The van der Waals surface area contributed by atoms with E-state index in [2.05, 4.69) is 20.7 Å². The lowest BCUT2D eigenvalue weighted by Gasteiger charge is -2.20. The lowest BCUT2D eigenvalue weighted by molar-refractivity contribution is -0.383. The van der Waals surface area contributed by atoms with Crippen molar-refractivity contribution < 1.29 is 57.5 Å². The second-order valence-electron chi connectivity index (χ2n) is 13.2. The summed E-state index contributed by atoms with van der Waals surface area (Å²) in [7, 11) is 2.29. The molecule has 0 aliphatic rings. The molecule has 2 aromatic carbocycles. The van der Waals surface area contributed by atoms with E-state index in [0.717, 1.165) is 23.4 Å². The summed E-state index contributed by atoms with van der Waals surface area (Å²) >= 11 is 3.25. The zero-order valence-electron chi connectivity index (χ0n) is 30.3. The molecule has 0 amide bonds. The van der Waals surface area contributed by atoms with Crippen LogP contribution < -0.4 is 0 Å². The van der Waals surface area contributed by atoms with Crippen LogP contribution in [0.3, 0.4) is 0 Å². The van der Waals surface area contributed by atoms with E-state index >= 15 is 0 Å². The normalized spacial score (nSPS) is 11.3. The Kier molecular flexibility index (Phi) is 12.7. The number of nitrogens with zero attached hydrogens (tertiary/aromatic N) is 4. The molecule has 53 heavy (non-hydrogen) atoms. The van der Waals surface area contributed by atoms with Gasteiger partial charge in [0, 0.05) is 35.2 Å². The number of carbonyl (C=O) groups excluding carboxylic acids is 5. The Morgan fingerprint density at radius 3 is 1.38 bits per heavy atom. The minimum Gasteiger partial charge on any atom is -0.464 e. The van der Waals surface area contributed by atoms with E-state index < -0.39 is 56.8 Å². The predicted octanol–water partition coefficient (Wildman–Crippen LogP) is 7.20. The third-order valence-corrected chi connectivity index (χ3v) is 7.45. The molecule has 0 fully saturated rings. The standard InChI is InChI=1S/C18H20N2O8.C16H17BrN2O6/c1-10(21)27-9-11-6-12-8-14(16(22)26-5)19(17(23)28-18(2,3)4)15(12)13(7-11)20(24)25;1-16(2,3)25-15(21)18-12(14(20)24-4)7-10-5-9(8-17)6-11(13(10)18)19(22)23/h6-8H,9H2,1-5H3;5-7H,8H2,1-4H3. The van der Waals surface area contributed by atoms with Crippen LogP contribution in [0.4, 0.5) is 21.0 Å². The largest absolute Gasteiger partial charge is 0.464 e. The average molecular weight is 806 g/mol. The van der Waals surface area contributed by atoms with Gasteiger partial charge >= 0.3 is 30.1 Å². The summed E-state index contributed by atoms with van der Waals surface area (Å²) < 4.78 is 26.6. The summed E-state index contributed by atoms with van der Waals surface area (Å²) in [4.78, 5) is 82.4. The van der Waals surface area contributed by atoms with Crippen LogP contribution in [0.15, 0.2) is 36.4 Å². The van der Waals surface area contributed by atoms with Crippen LogP contribution in [0.2, 0.25) is 0 Å². The molecule has 0 radical (unpaired) electrons. The van der Waals surface area contributed by atoms with Gasteiger partial charge in [-0.25, -0.2) is 28.3 Å². The SMILES string of the molecule is COC(=O)c1cc2cc(CBr)cc([N+](=O)[O-])c2n1C(=O)OC(C)(C)C.COC(=O)c1cc2cc(COC(C)=O)cc([N+](=O)[O-])c2n1C(=O)OC(C)(C)C. The van der Waals surface area contributed by atoms with Gasteiger partial charge in [0.05, 0.1) is 24.1 Å². The monoisotopic (exact) mass is 804 g/mol. The van der Waals surface area contributed by atoms with Gasteiger partial charge in [0.25, 0.3) is 11.4 Å². The number of nitro benzene ring substituents is 2. The number of carbonyl (C=O) groups is 5. The molecule has 284 valence electrons. The Morgan fingerprint density at radius 2 is 1.06 bits per heavy atom. The summed E-state index contributed by atoms with van der Waals surface area (Å²) in [5, 5.41) is 24.1. The molecule has 0 saturated heterocycles. The second-order valence-corrected chi connectivity index (χ2v) is 13.8. The molecule has 18 nitrogen and oxygen atoms in total. The van der Waals surface area contributed by atoms with Crippen LogP contribution in [-0.4, -0.2) is 74.5 Å². The van der Waals surface area contributed by atoms with Gasteiger partial charge in [-0.15, -0.1) is 0 Å². The number of alkyl halides is 1. The molecule has 19 heteroatoms. The quantitative estimate of drug-likeness (QED) is 0.0592. The van der Waals surface area contributed by atoms with Gasteiger partial charge in [-0.1, -0.05) is 15.9 Å². The van der Waals surface area contributed by atoms with E-state index in [9.17, 15) is 44.2 Å². The first-order chi connectivity index (χ1) is 24.5. The first kappa shape index (κ1) is 41.6. The minimum absolute atomic E-state index is 0.00986. The highest BCUT2D eigenvalue weighted by atomic mass is 79.9. The molecule has 0 aliphatic carbocycles. The fraction of sp³-hybridized carbons (Fsp3) is 0.382. The number of non-ortho nitro benzene ring substituents is 2. The molecule has 0 bridgehead atoms. The van der Waals surface area contributed by atoms with Crippen molar-refractivity contribution in [2.24, 2.45) is 0 Å². The van der Waals surface area contributed by atoms with Gasteiger partial charge in [0.1, 0.15) is 40.2 Å². The van der Waals surface area contributed by atoms with E-state index in [1.54, 1.807) is 47.6 Å². The lowest BCUT2D eigenvalue weighted by Crippen LogP contribution is -2.29. The number of benzene rings is 2. The Hall–Kier alpha value is -5.85. The highest BCUT2D eigenvalue weighted by Gasteiger charge is 2.32.